The number of aromatic nitrogens is 3. The van der Waals surface area contributed by atoms with Gasteiger partial charge in [-0.2, -0.15) is 4.98 Å². The van der Waals surface area contributed by atoms with Crippen LogP contribution in [-0.4, -0.2) is 51.5 Å². The average Bonchev–Trinajstić information content (AvgIpc) is 3.38. The van der Waals surface area contributed by atoms with E-state index in [0.717, 1.165) is 32.2 Å². The molecule has 2 amide bonds. The van der Waals surface area contributed by atoms with Crippen molar-refractivity contribution in [2.45, 2.75) is 58.2 Å². The first-order valence-electron chi connectivity index (χ1n) is 10.1. The summed E-state index contributed by atoms with van der Waals surface area (Å²) >= 11 is 1.28. The van der Waals surface area contributed by atoms with E-state index in [-0.39, 0.29) is 35.9 Å². The fourth-order valence-electron chi connectivity index (χ4n) is 3.52. The zero-order valence-corrected chi connectivity index (χ0v) is 17.5. The molecule has 2 N–H and O–H groups in total. The third-order valence-corrected chi connectivity index (χ3v) is 6.22. The van der Waals surface area contributed by atoms with Crippen molar-refractivity contribution in [1.82, 2.24) is 25.2 Å². The highest BCUT2D eigenvalue weighted by atomic mass is 32.1. The summed E-state index contributed by atoms with van der Waals surface area (Å²) in [5.74, 6) is -0.163. The Bertz CT molecular complexity index is 980. The maximum atomic E-state index is 12.8. The summed E-state index contributed by atoms with van der Waals surface area (Å²) in [5, 5.41) is 6.56. The van der Waals surface area contributed by atoms with Crippen LogP contribution in [0.4, 0.5) is 5.13 Å². The van der Waals surface area contributed by atoms with Crippen molar-refractivity contribution < 1.29 is 9.59 Å². The summed E-state index contributed by atoms with van der Waals surface area (Å²) < 4.78 is 1.74. The summed E-state index contributed by atoms with van der Waals surface area (Å²) in [5.41, 5.74) is 0.123. The van der Waals surface area contributed by atoms with Gasteiger partial charge in [0.2, 0.25) is 11.8 Å². The summed E-state index contributed by atoms with van der Waals surface area (Å²) in [4.78, 5) is 48.0. The Morgan fingerprint density at radius 2 is 2.10 bits per heavy atom. The van der Waals surface area contributed by atoms with Crippen molar-refractivity contribution in [3.05, 3.63) is 16.7 Å². The van der Waals surface area contributed by atoms with Gasteiger partial charge < -0.3 is 15.5 Å². The molecule has 4 rings (SSSR count). The van der Waals surface area contributed by atoms with Crippen LogP contribution in [0.25, 0.3) is 10.3 Å². The fraction of sp³-hybridized carbons (Fsp3) is 0.632. The molecule has 2 fully saturated rings. The Morgan fingerprint density at radius 1 is 1.31 bits per heavy atom. The van der Waals surface area contributed by atoms with Crippen molar-refractivity contribution in [1.29, 1.82) is 0 Å². The van der Waals surface area contributed by atoms with E-state index in [1.165, 1.54) is 22.2 Å². The molecule has 1 aliphatic heterocycles. The molecule has 0 spiro atoms. The molecule has 3 heterocycles. The predicted octanol–water partition coefficient (Wildman–Crippen LogP) is 0.873. The Labute approximate surface area is 172 Å². The Balaban J connectivity index is 1.50. The Hall–Kier alpha value is -2.49. The van der Waals surface area contributed by atoms with E-state index in [1.807, 2.05) is 13.8 Å². The smallest absolute Gasteiger partial charge is 0.273 e. The minimum Gasteiger partial charge on any atom is -0.353 e. The monoisotopic (exact) mass is 418 g/mol. The van der Waals surface area contributed by atoms with E-state index in [1.54, 1.807) is 0 Å². The maximum Gasteiger partial charge on any atom is 0.273 e. The number of nitrogens with one attached hydrogen (secondary N) is 2. The molecule has 1 saturated heterocycles. The third kappa shape index (κ3) is 4.58. The van der Waals surface area contributed by atoms with Crippen LogP contribution >= 0.6 is 11.3 Å². The first kappa shape index (κ1) is 19.8. The van der Waals surface area contributed by atoms with Crippen LogP contribution in [0.5, 0.6) is 0 Å². The van der Waals surface area contributed by atoms with Crippen molar-refractivity contribution >= 4 is 38.6 Å². The number of hydrogen-bond donors (Lipinski definition) is 2. The molecule has 1 unspecified atom stereocenters. The zero-order valence-electron chi connectivity index (χ0n) is 16.7. The number of thiazole rings is 1. The topological polar surface area (TPSA) is 109 Å². The van der Waals surface area contributed by atoms with E-state index in [0.29, 0.717) is 28.1 Å². The van der Waals surface area contributed by atoms with Crippen LogP contribution < -0.4 is 21.1 Å². The number of piperidine rings is 1. The highest BCUT2D eigenvalue weighted by Crippen LogP contribution is 2.30. The Morgan fingerprint density at radius 3 is 2.83 bits per heavy atom. The molecule has 2 aliphatic rings. The second kappa shape index (κ2) is 8.10. The lowest BCUT2D eigenvalue weighted by molar-refractivity contribution is -0.125. The standard InChI is InChI=1S/C19H26N6O3S/c1-11(2)21-14(26)9-25-10-20-16-15(18(25)28)29-19(23-16)24-7-3-4-12(8-24)17(27)22-13-5-6-13/h10-13H,3-9H2,1-2H3,(H,21,26)(H,22,27). The number of nitrogens with zero attached hydrogens (tertiary/aromatic N) is 4. The summed E-state index contributed by atoms with van der Waals surface area (Å²) in [6.07, 6.45) is 5.30. The van der Waals surface area contributed by atoms with E-state index < -0.39 is 0 Å². The van der Waals surface area contributed by atoms with E-state index in [9.17, 15) is 14.4 Å². The summed E-state index contributed by atoms with van der Waals surface area (Å²) in [6, 6.07) is 0.366. The van der Waals surface area contributed by atoms with Gasteiger partial charge in [0.1, 0.15) is 17.6 Å². The molecule has 2 aromatic rings. The lowest BCUT2D eigenvalue weighted by atomic mass is 9.97. The third-order valence-electron chi connectivity index (χ3n) is 5.12. The molecular weight excluding hydrogens is 392 g/mol. The van der Waals surface area contributed by atoms with Crippen molar-refractivity contribution in [2.24, 2.45) is 5.92 Å². The molecule has 1 aliphatic carbocycles. The van der Waals surface area contributed by atoms with E-state index >= 15 is 0 Å². The van der Waals surface area contributed by atoms with Gasteiger partial charge in [-0.1, -0.05) is 11.3 Å². The number of fused-ring (bicyclic) bond motifs is 1. The van der Waals surface area contributed by atoms with E-state index in [4.69, 9.17) is 0 Å². The number of carbonyl (C=O) groups is 2. The highest BCUT2D eigenvalue weighted by molar-refractivity contribution is 7.22. The molecule has 2 aromatic heterocycles. The van der Waals surface area contributed by atoms with Crippen LogP contribution in [-0.2, 0) is 16.1 Å². The predicted molar refractivity (Wildman–Crippen MR) is 111 cm³/mol. The van der Waals surface area contributed by atoms with E-state index in [2.05, 4.69) is 25.5 Å². The van der Waals surface area contributed by atoms with Gasteiger partial charge >= 0.3 is 0 Å². The molecule has 9 nitrogen and oxygen atoms in total. The molecule has 156 valence electrons. The first-order valence-corrected chi connectivity index (χ1v) is 10.9. The normalized spacial score (nSPS) is 19.6. The second-order valence-corrected chi connectivity index (χ2v) is 9.09. The molecule has 1 saturated carbocycles. The van der Waals surface area contributed by atoms with Gasteiger partial charge in [-0.05, 0) is 39.5 Å². The van der Waals surface area contributed by atoms with Crippen molar-refractivity contribution in [2.75, 3.05) is 18.0 Å². The lowest BCUT2D eigenvalue weighted by Gasteiger charge is -2.31. The van der Waals surface area contributed by atoms with Crippen LogP contribution in [0.15, 0.2) is 11.1 Å². The maximum absolute atomic E-state index is 12.8. The number of anilines is 1. The SMILES string of the molecule is CC(C)NC(=O)Cn1cnc2nc(N3CCCC(C(=O)NC4CC4)C3)sc2c1=O. The van der Waals surface area contributed by atoms with Gasteiger partial charge in [0.15, 0.2) is 10.8 Å². The summed E-state index contributed by atoms with van der Waals surface area (Å²) in [7, 11) is 0. The first-order chi connectivity index (χ1) is 13.9. The van der Waals surface area contributed by atoms with Gasteiger partial charge in [-0.3, -0.25) is 19.0 Å². The number of amides is 2. The van der Waals surface area contributed by atoms with Crippen LogP contribution in [0.1, 0.15) is 39.5 Å². The van der Waals surface area contributed by atoms with Gasteiger partial charge in [-0.25, -0.2) is 4.98 Å². The molecule has 1 atom stereocenters. The number of rotatable bonds is 6. The number of carbonyl (C=O) groups excluding carboxylic acids is 2. The lowest BCUT2D eigenvalue weighted by Crippen LogP contribution is -2.43. The van der Waals surface area contributed by atoms with Crippen LogP contribution in [0.3, 0.4) is 0 Å². The molecule has 10 heteroatoms. The van der Waals surface area contributed by atoms with Gasteiger partial charge in [0, 0.05) is 25.2 Å². The molecule has 0 aromatic carbocycles. The zero-order chi connectivity index (χ0) is 20.5. The molecular formula is C19H26N6O3S. The molecule has 29 heavy (non-hydrogen) atoms. The second-order valence-electron chi connectivity index (χ2n) is 8.12. The summed E-state index contributed by atoms with van der Waals surface area (Å²) in [6.45, 7) is 5.07. The average molecular weight is 419 g/mol. The van der Waals surface area contributed by atoms with Crippen LogP contribution in [0.2, 0.25) is 0 Å². The quantitative estimate of drug-likeness (QED) is 0.721. The fourth-order valence-corrected chi connectivity index (χ4v) is 4.52. The van der Waals surface area contributed by atoms with Gasteiger partial charge in [0.05, 0.1) is 5.92 Å². The largest absolute Gasteiger partial charge is 0.353 e. The molecule has 0 bridgehead atoms. The van der Waals surface area contributed by atoms with Gasteiger partial charge in [0.25, 0.3) is 5.56 Å². The number of hydrogen-bond acceptors (Lipinski definition) is 7. The Kier molecular flexibility index (Phi) is 5.53. The van der Waals surface area contributed by atoms with Crippen molar-refractivity contribution in [3.8, 4) is 0 Å². The minimum atomic E-state index is -0.266. The minimum absolute atomic E-state index is 0.00839. The highest BCUT2D eigenvalue weighted by Gasteiger charge is 2.31. The van der Waals surface area contributed by atoms with Gasteiger partial charge in [-0.15, -0.1) is 0 Å². The van der Waals surface area contributed by atoms with Crippen molar-refractivity contribution in [3.63, 3.8) is 0 Å². The molecule has 0 radical (unpaired) electrons. The van der Waals surface area contributed by atoms with Crippen LogP contribution in [0, 0.1) is 5.92 Å².